The molecule has 4 atom stereocenters. The predicted molar refractivity (Wildman–Crippen MR) is 164 cm³/mol. The quantitative estimate of drug-likeness (QED) is 0.209. The van der Waals surface area contributed by atoms with Crippen molar-refractivity contribution >= 4 is 23.7 Å². The highest BCUT2D eigenvalue weighted by Crippen LogP contribution is 2.34. The maximum atomic E-state index is 13.4. The first-order chi connectivity index (χ1) is 22.9. The molecule has 3 aromatic carbocycles. The molecule has 0 aliphatic carbocycles. The van der Waals surface area contributed by atoms with Crippen molar-refractivity contribution in [2.45, 2.75) is 24.5 Å². The summed E-state index contributed by atoms with van der Waals surface area (Å²) < 4.78 is 29.7. The van der Waals surface area contributed by atoms with Crippen LogP contribution in [-0.2, 0) is 23.7 Å². The van der Waals surface area contributed by atoms with Crippen LogP contribution in [0.1, 0.15) is 37.3 Å². The third-order valence-electron chi connectivity index (χ3n) is 7.56. The maximum absolute atomic E-state index is 13.4. The van der Waals surface area contributed by atoms with Crippen LogP contribution in [0.4, 0.5) is 5.82 Å². The molecule has 4 aromatic rings. The number of nitrogens with zero attached hydrogens (tertiary/aromatic N) is 3. The first-order valence-corrected chi connectivity index (χ1v) is 14.8. The van der Waals surface area contributed by atoms with Gasteiger partial charge in [0.15, 0.2) is 18.4 Å². The van der Waals surface area contributed by atoms with Crippen molar-refractivity contribution in [3.8, 4) is 0 Å². The van der Waals surface area contributed by atoms with Crippen LogP contribution in [0.5, 0.6) is 0 Å². The third-order valence-corrected chi connectivity index (χ3v) is 7.56. The molecule has 14 nitrogen and oxygen atoms in total. The monoisotopic (exact) mass is 642 g/mol. The lowest BCUT2D eigenvalue weighted by molar-refractivity contribution is -0.0698. The minimum atomic E-state index is -1.51. The van der Waals surface area contributed by atoms with Crippen molar-refractivity contribution in [3.05, 3.63) is 129 Å². The predicted octanol–water partition coefficient (Wildman–Crippen LogP) is 1.97. The molecular formula is C33H30N4O10. The van der Waals surface area contributed by atoms with E-state index in [1.54, 1.807) is 71.6 Å². The van der Waals surface area contributed by atoms with E-state index in [2.05, 4.69) is 10.1 Å². The number of aromatic nitrogens is 3. The van der Waals surface area contributed by atoms with E-state index in [0.717, 1.165) is 4.68 Å². The highest BCUT2D eigenvalue weighted by Gasteiger charge is 2.52. The number of hydrogen-bond acceptors (Lipinski definition) is 12. The number of anilines is 1. The van der Waals surface area contributed by atoms with E-state index in [1.807, 2.05) is 0 Å². The van der Waals surface area contributed by atoms with E-state index in [-0.39, 0.29) is 22.5 Å². The van der Waals surface area contributed by atoms with Gasteiger partial charge in [-0.15, -0.1) is 5.10 Å². The molecule has 3 heterocycles. The van der Waals surface area contributed by atoms with Gasteiger partial charge in [-0.3, -0.25) is 9.78 Å². The van der Waals surface area contributed by atoms with Gasteiger partial charge in [-0.1, -0.05) is 54.6 Å². The number of carbonyl (C=O) groups is 3. The summed E-state index contributed by atoms with van der Waals surface area (Å²) in [6.07, 6.45) is -5.62. The average molecular weight is 643 g/mol. The van der Waals surface area contributed by atoms with E-state index in [9.17, 15) is 24.0 Å². The molecule has 0 amide bonds. The molecule has 0 unspecified atom stereocenters. The Morgan fingerprint density at radius 3 is 1.81 bits per heavy atom. The zero-order valence-corrected chi connectivity index (χ0v) is 24.9. The number of carbonyl (C=O) groups excluding carboxylic acids is 3. The van der Waals surface area contributed by atoms with Crippen LogP contribution < -0.4 is 16.1 Å². The Labute approximate surface area is 267 Å². The Balaban J connectivity index is 1.39. The molecule has 2 saturated heterocycles. The number of benzene rings is 3. The molecule has 2 aliphatic rings. The smallest absolute Gasteiger partial charge is 0.347 e. The number of aromatic amines is 1. The topological polar surface area (TPSA) is 168 Å². The minimum absolute atomic E-state index is 0.0820. The fraction of sp³-hybridized carbons (Fsp3) is 0.273. The zero-order chi connectivity index (χ0) is 32.8. The van der Waals surface area contributed by atoms with Gasteiger partial charge < -0.3 is 28.6 Å². The second-order valence-corrected chi connectivity index (χ2v) is 10.6. The number of ether oxygens (including phenoxy) is 5. The largest absolute Gasteiger partial charge is 0.459 e. The number of nitrogens with one attached hydrogen (secondary N) is 1. The summed E-state index contributed by atoms with van der Waals surface area (Å²) in [7, 11) is 0. The zero-order valence-electron chi connectivity index (χ0n) is 24.9. The summed E-state index contributed by atoms with van der Waals surface area (Å²) in [6.45, 7) is 0.891. The highest BCUT2D eigenvalue weighted by atomic mass is 16.7. The Morgan fingerprint density at radius 2 is 1.26 bits per heavy atom. The molecule has 1 N–H and O–H groups in total. The summed E-state index contributed by atoms with van der Waals surface area (Å²) in [5.41, 5.74) is -1.06. The first kappa shape index (κ1) is 31.4. The number of H-pyrrole nitrogens is 1. The molecule has 0 radical (unpaired) electrons. The fourth-order valence-electron chi connectivity index (χ4n) is 5.21. The van der Waals surface area contributed by atoms with Gasteiger partial charge in [0.05, 0.1) is 29.9 Å². The average Bonchev–Trinajstić information content (AvgIpc) is 3.44. The van der Waals surface area contributed by atoms with Crippen molar-refractivity contribution < 1.29 is 38.1 Å². The molecule has 14 heteroatoms. The third kappa shape index (κ3) is 7.13. The normalized spacial score (nSPS) is 20.7. The summed E-state index contributed by atoms with van der Waals surface area (Å²) in [5.74, 6) is -2.35. The van der Waals surface area contributed by atoms with E-state index >= 15 is 0 Å². The van der Waals surface area contributed by atoms with Crippen molar-refractivity contribution in [2.75, 3.05) is 37.8 Å². The van der Waals surface area contributed by atoms with Crippen molar-refractivity contribution in [3.63, 3.8) is 0 Å². The lowest BCUT2D eigenvalue weighted by Gasteiger charge is -2.28. The molecule has 0 bridgehead atoms. The Morgan fingerprint density at radius 1 is 0.745 bits per heavy atom. The molecule has 242 valence electrons. The fourth-order valence-corrected chi connectivity index (χ4v) is 5.21. The lowest BCUT2D eigenvalue weighted by atomic mass is 10.1. The molecule has 47 heavy (non-hydrogen) atoms. The van der Waals surface area contributed by atoms with E-state index in [0.29, 0.717) is 26.3 Å². The number of esters is 3. The van der Waals surface area contributed by atoms with Gasteiger partial charge in [-0.2, -0.15) is 4.68 Å². The van der Waals surface area contributed by atoms with Crippen LogP contribution in [0.3, 0.4) is 0 Å². The van der Waals surface area contributed by atoms with Gasteiger partial charge >= 0.3 is 23.6 Å². The Bertz CT molecular complexity index is 1830. The van der Waals surface area contributed by atoms with Crippen LogP contribution in [0.25, 0.3) is 0 Å². The minimum Gasteiger partial charge on any atom is -0.459 e. The van der Waals surface area contributed by atoms with E-state index in [4.69, 9.17) is 23.7 Å². The SMILES string of the molecule is O=C(OC[C@H]1O[C@@H](n2nc(N3CCOCC3)c(=O)[nH]c2=O)[C@@H](OC(=O)c2ccccc2)[C@@H]1OC(=O)c1ccccc1)c1ccccc1. The molecular weight excluding hydrogens is 612 g/mol. The Kier molecular flexibility index (Phi) is 9.50. The summed E-state index contributed by atoms with van der Waals surface area (Å²) >= 11 is 0. The van der Waals surface area contributed by atoms with Crippen LogP contribution in [0, 0.1) is 0 Å². The second-order valence-electron chi connectivity index (χ2n) is 10.6. The first-order valence-electron chi connectivity index (χ1n) is 14.8. The molecule has 0 saturated carbocycles. The second kappa shape index (κ2) is 14.2. The van der Waals surface area contributed by atoms with Crippen LogP contribution in [0.2, 0.25) is 0 Å². The Hall–Kier alpha value is -5.60. The molecule has 0 spiro atoms. The van der Waals surface area contributed by atoms with Crippen molar-refractivity contribution in [2.24, 2.45) is 0 Å². The van der Waals surface area contributed by atoms with Crippen LogP contribution >= 0.6 is 0 Å². The van der Waals surface area contributed by atoms with Gasteiger partial charge in [0, 0.05) is 13.1 Å². The van der Waals surface area contributed by atoms with E-state index in [1.165, 1.54) is 24.3 Å². The molecule has 2 aliphatic heterocycles. The maximum Gasteiger partial charge on any atom is 0.347 e. The standard InChI is InChI=1S/C33H30N4O10/c38-28-27(36-16-18-43-19-17-36)35-37(33(42)34-28)29-26(47-32(41)23-14-8-3-9-15-23)25(46-31(40)22-12-6-2-7-13-22)24(45-29)20-44-30(39)21-10-4-1-5-11-21/h1-15,24-26,29H,16-20H2,(H,34,38,42)/t24-,25-,26+,29-/m1/s1. The van der Waals surface area contributed by atoms with Gasteiger partial charge in [-0.25, -0.2) is 19.2 Å². The van der Waals surface area contributed by atoms with E-state index < -0.39 is 60.3 Å². The molecule has 1 aromatic heterocycles. The summed E-state index contributed by atoms with van der Waals surface area (Å²) in [4.78, 5) is 69.6. The van der Waals surface area contributed by atoms with Crippen LogP contribution in [0.15, 0.2) is 101 Å². The number of rotatable bonds is 9. The summed E-state index contributed by atoms with van der Waals surface area (Å²) in [6, 6.07) is 24.3. The molecule has 2 fully saturated rings. The summed E-state index contributed by atoms with van der Waals surface area (Å²) in [5, 5.41) is 4.32. The van der Waals surface area contributed by atoms with Gasteiger partial charge in [-0.05, 0) is 36.4 Å². The highest BCUT2D eigenvalue weighted by molar-refractivity contribution is 5.91. The number of morpholine rings is 1. The van der Waals surface area contributed by atoms with Gasteiger partial charge in [0.25, 0.3) is 5.56 Å². The lowest BCUT2D eigenvalue weighted by Crippen LogP contribution is -2.46. The molecule has 6 rings (SSSR count). The van der Waals surface area contributed by atoms with Crippen molar-refractivity contribution in [1.82, 2.24) is 14.8 Å². The van der Waals surface area contributed by atoms with Gasteiger partial charge in [0.2, 0.25) is 5.82 Å². The van der Waals surface area contributed by atoms with Crippen LogP contribution in [-0.4, -0.2) is 83.9 Å². The van der Waals surface area contributed by atoms with Crippen molar-refractivity contribution in [1.29, 1.82) is 0 Å². The van der Waals surface area contributed by atoms with Gasteiger partial charge in [0.1, 0.15) is 12.7 Å². The number of hydrogen-bond donors (Lipinski definition) is 1.